The molecule has 4 heteroatoms. The number of halogens is 1. The number of hydrogen-bond donors (Lipinski definition) is 1. The molecule has 1 heterocycles. The van der Waals surface area contributed by atoms with Crippen molar-refractivity contribution < 1.29 is 8.81 Å². The lowest BCUT2D eigenvalue weighted by atomic mass is 10.0. The van der Waals surface area contributed by atoms with Crippen molar-refractivity contribution in [2.45, 2.75) is 12.5 Å². The molecule has 0 fully saturated rings. The molecular formula is C15H13FN2O. The summed E-state index contributed by atoms with van der Waals surface area (Å²) in [6.45, 7) is 0. The average Bonchev–Trinajstić information content (AvgIpc) is 2.80. The standard InChI is InChI=1S/C15H13FN2O/c16-11-5-3-4-10(8-11)12(17)9-15-18-13-6-1-2-7-14(13)19-15/h1-8,12H,9,17H2. The number of nitrogens with zero attached hydrogens (tertiary/aromatic N) is 1. The number of fused-ring (bicyclic) bond motifs is 1. The van der Waals surface area contributed by atoms with Crippen LogP contribution in [0, 0.1) is 5.82 Å². The molecule has 0 aliphatic rings. The highest BCUT2D eigenvalue weighted by molar-refractivity contribution is 5.72. The molecule has 0 amide bonds. The molecule has 96 valence electrons. The van der Waals surface area contributed by atoms with Crippen LogP contribution in [0.5, 0.6) is 0 Å². The maximum atomic E-state index is 13.1. The molecule has 0 saturated carbocycles. The Hall–Kier alpha value is -2.20. The monoisotopic (exact) mass is 256 g/mol. The zero-order valence-electron chi connectivity index (χ0n) is 10.2. The predicted molar refractivity (Wildman–Crippen MR) is 71.0 cm³/mol. The van der Waals surface area contributed by atoms with Crippen LogP contribution in [0.4, 0.5) is 4.39 Å². The van der Waals surface area contributed by atoms with Gasteiger partial charge in [-0.15, -0.1) is 0 Å². The van der Waals surface area contributed by atoms with Crippen molar-refractivity contribution in [3.8, 4) is 0 Å². The van der Waals surface area contributed by atoms with Crippen LogP contribution in [0.15, 0.2) is 52.9 Å². The van der Waals surface area contributed by atoms with Gasteiger partial charge in [-0.25, -0.2) is 9.37 Å². The Morgan fingerprint density at radius 2 is 2.00 bits per heavy atom. The lowest BCUT2D eigenvalue weighted by Gasteiger charge is -2.09. The second-order valence-corrected chi connectivity index (χ2v) is 4.44. The van der Waals surface area contributed by atoms with E-state index in [1.54, 1.807) is 12.1 Å². The minimum absolute atomic E-state index is 0.287. The number of nitrogens with two attached hydrogens (primary N) is 1. The lowest BCUT2D eigenvalue weighted by molar-refractivity contribution is 0.501. The molecule has 0 saturated heterocycles. The highest BCUT2D eigenvalue weighted by atomic mass is 19.1. The van der Waals surface area contributed by atoms with Crippen LogP contribution in [0.3, 0.4) is 0 Å². The molecular weight excluding hydrogens is 243 g/mol. The minimum Gasteiger partial charge on any atom is -0.441 e. The van der Waals surface area contributed by atoms with Crippen LogP contribution < -0.4 is 5.73 Å². The van der Waals surface area contributed by atoms with E-state index in [1.165, 1.54) is 12.1 Å². The molecule has 3 rings (SSSR count). The van der Waals surface area contributed by atoms with Gasteiger partial charge in [0.2, 0.25) is 0 Å². The Kier molecular flexibility index (Phi) is 3.01. The summed E-state index contributed by atoms with van der Waals surface area (Å²) < 4.78 is 18.7. The summed E-state index contributed by atoms with van der Waals surface area (Å²) >= 11 is 0. The van der Waals surface area contributed by atoms with Crippen molar-refractivity contribution in [1.82, 2.24) is 4.98 Å². The second kappa shape index (κ2) is 4.82. The van der Waals surface area contributed by atoms with E-state index in [-0.39, 0.29) is 11.9 Å². The van der Waals surface area contributed by atoms with Gasteiger partial charge in [-0.2, -0.15) is 0 Å². The molecule has 0 spiro atoms. The molecule has 19 heavy (non-hydrogen) atoms. The van der Waals surface area contributed by atoms with Crippen LogP contribution in [0.25, 0.3) is 11.1 Å². The van der Waals surface area contributed by atoms with Crippen LogP contribution in [-0.4, -0.2) is 4.98 Å². The number of hydrogen-bond acceptors (Lipinski definition) is 3. The minimum atomic E-state index is -0.330. The summed E-state index contributed by atoms with van der Waals surface area (Å²) in [6.07, 6.45) is 0.443. The molecule has 1 aromatic heterocycles. The Labute approximate surface area is 109 Å². The second-order valence-electron chi connectivity index (χ2n) is 4.44. The summed E-state index contributed by atoms with van der Waals surface area (Å²) in [6, 6.07) is 13.5. The number of rotatable bonds is 3. The van der Waals surface area contributed by atoms with E-state index in [2.05, 4.69) is 4.98 Å². The molecule has 2 N–H and O–H groups in total. The third-order valence-corrected chi connectivity index (χ3v) is 3.01. The molecule has 0 aliphatic carbocycles. The number of benzene rings is 2. The van der Waals surface area contributed by atoms with Crippen molar-refractivity contribution in [1.29, 1.82) is 0 Å². The zero-order valence-corrected chi connectivity index (χ0v) is 10.2. The summed E-state index contributed by atoms with van der Waals surface area (Å²) in [5.41, 5.74) is 8.34. The number of aromatic nitrogens is 1. The van der Waals surface area contributed by atoms with Gasteiger partial charge < -0.3 is 10.2 Å². The Bertz CT molecular complexity index is 675. The van der Waals surface area contributed by atoms with Crippen molar-refractivity contribution in [3.05, 3.63) is 65.8 Å². The van der Waals surface area contributed by atoms with Crippen LogP contribution in [0.2, 0.25) is 0 Å². The van der Waals surface area contributed by atoms with Gasteiger partial charge in [0.25, 0.3) is 0 Å². The maximum Gasteiger partial charge on any atom is 0.197 e. The normalized spacial score (nSPS) is 12.7. The maximum absolute atomic E-state index is 13.1. The fraction of sp³-hybridized carbons (Fsp3) is 0.133. The molecule has 3 aromatic rings. The fourth-order valence-electron chi connectivity index (χ4n) is 2.05. The average molecular weight is 256 g/mol. The van der Waals surface area contributed by atoms with E-state index < -0.39 is 0 Å². The molecule has 0 radical (unpaired) electrons. The van der Waals surface area contributed by atoms with E-state index >= 15 is 0 Å². The van der Waals surface area contributed by atoms with E-state index in [1.807, 2.05) is 24.3 Å². The molecule has 0 bridgehead atoms. The molecule has 1 atom stereocenters. The van der Waals surface area contributed by atoms with Crippen molar-refractivity contribution in [3.63, 3.8) is 0 Å². The van der Waals surface area contributed by atoms with E-state index in [9.17, 15) is 4.39 Å². The highest BCUT2D eigenvalue weighted by Gasteiger charge is 2.12. The first-order chi connectivity index (χ1) is 9.22. The largest absolute Gasteiger partial charge is 0.441 e. The Morgan fingerprint density at radius 1 is 1.16 bits per heavy atom. The molecule has 3 nitrogen and oxygen atoms in total. The van der Waals surface area contributed by atoms with E-state index in [0.717, 1.165) is 16.7 Å². The third-order valence-electron chi connectivity index (χ3n) is 3.01. The van der Waals surface area contributed by atoms with Crippen molar-refractivity contribution >= 4 is 11.1 Å². The summed E-state index contributed by atoms with van der Waals surface area (Å²) in [5.74, 6) is 0.281. The van der Waals surface area contributed by atoms with Gasteiger partial charge in [-0.05, 0) is 29.8 Å². The van der Waals surface area contributed by atoms with Gasteiger partial charge in [0.1, 0.15) is 11.3 Å². The van der Waals surface area contributed by atoms with Gasteiger partial charge in [-0.1, -0.05) is 24.3 Å². The van der Waals surface area contributed by atoms with Gasteiger partial charge in [0, 0.05) is 12.5 Å². The molecule has 2 aromatic carbocycles. The number of para-hydroxylation sites is 2. The fourth-order valence-corrected chi connectivity index (χ4v) is 2.05. The lowest BCUT2D eigenvalue weighted by Crippen LogP contribution is -2.13. The van der Waals surface area contributed by atoms with E-state index in [4.69, 9.17) is 10.2 Å². The van der Waals surface area contributed by atoms with Gasteiger partial charge in [-0.3, -0.25) is 0 Å². The number of oxazole rings is 1. The van der Waals surface area contributed by atoms with Crippen molar-refractivity contribution in [2.24, 2.45) is 5.73 Å². The van der Waals surface area contributed by atoms with Gasteiger partial charge in [0.05, 0.1) is 0 Å². The zero-order chi connectivity index (χ0) is 13.2. The quantitative estimate of drug-likeness (QED) is 0.782. The molecule has 0 aliphatic heterocycles. The summed E-state index contributed by atoms with van der Waals surface area (Å²) in [5, 5.41) is 0. The topological polar surface area (TPSA) is 52.0 Å². The highest BCUT2D eigenvalue weighted by Crippen LogP contribution is 2.20. The first-order valence-corrected chi connectivity index (χ1v) is 6.08. The van der Waals surface area contributed by atoms with Crippen LogP contribution >= 0.6 is 0 Å². The summed E-state index contributed by atoms with van der Waals surface area (Å²) in [4.78, 5) is 4.36. The van der Waals surface area contributed by atoms with E-state index in [0.29, 0.717) is 12.3 Å². The third kappa shape index (κ3) is 2.48. The SMILES string of the molecule is NC(Cc1nc2ccccc2o1)c1cccc(F)c1. The van der Waals surface area contributed by atoms with Crippen molar-refractivity contribution in [2.75, 3.05) is 0 Å². The Balaban J connectivity index is 1.84. The summed E-state index contributed by atoms with van der Waals surface area (Å²) in [7, 11) is 0. The smallest absolute Gasteiger partial charge is 0.197 e. The van der Waals surface area contributed by atoms with Gasteiger partial charge in [0.15, 0.2) is 11.5 Å². The molecule has 1 unspecified atom stereocenters. The predicted octanol–water partition coefficient (Wildman–Crippen LogP) is 3.21. The first kappa shape index (κ1) is 11.9. The van der Waals surface area contributed by atoms with Gasteiger partial charge >= 0.3 is 0 Å². The van der Waals surface area contributed by atoms with Crippen LogP contribution in [0.1, 0.15) is 17.5 Å². The van der Waals surface area contributed by atoms with Crippen LogP contribution in [-0.2, 0) is 6.42 Å². The Morgan fingerprint density at radius 3 is 2.79 bits per heavy atom. The first-order valence-electron chi connectivity index (χ1n) is 6.08.